The summed E-state index contributed by atoms with van der Waals surface area (Å²) in [4.78, 5) is 12.0. The Labute approximate surface area is 119 Å². The molecule has 1 saturated carbocycles. The smallest absolute Gasteiger partial charge is 0.260 e. The number of hydrogen-bond acceptors (Lipinski definition) is 2. The maximum Gasteiger partial charge on any atom is 0.260 e. The lowest BCUT2D eigenvalue weighted by Crippen LogP contribution is -2.43. The van der Waals surface area contributed by atoms with Crippen LogP contribution in [0.2, 0.25) is 5.02 Å². The van der Waals surface area contributed by atoms with E-state index in [1.807, 2.05) is 6.07 Å². The van der Waals surface area contributed by atoms with Gasteiger partial charge < -0.3 is 10.1 Å². The van der Waals surface area contributed by atoms with Crippen molar-refractivity contribution in [2.24, 2.45) is 0 Å². The normalized spacial score (nSPS) is 17.8. The summed E-state index contributed by atoms with van der Waals surface area (Å²) in [6, 6.07) is 7.42. The number of benzene rings is 1. The van der Waals surface area contributed by atoms with Crippen molar-refractivity contribution >= 4 is 17.5 Å². The predicted molar refractivity (Wildman–Crippen MR) is 76.6 cm³/mol. The lowest BCUT2D eigenvalue weighted by atomic mass is 9.95. The number of nitrogens with one attached hydrogen (secondary N) is 1. The van der Waals surface area contributed by atoms with Crippen molar-refractivity contribution < 1.29 is 9.53 Å². The number of carbonyl (C=O) groups excluding carboxylic acids is 1. The summed E-state index contributed by atoms with van der Waals surface area (Å²) in [5.41, 5.74) is 0. The van der Waals surface area contributed by atoms with Gasteiger partial charge in [-0.1, -0.05) is 36.9 Å². The van der Waals surface area contributed by atoms with E-state index in [9.17, 15) is 4.79 Å². The van der Waals surface area contributed by atoms with Crippen LogP contribution in [-0.2, 0) is 4.79 Å². The molecule has 0 bridgehead atoms. The second-order valence-corrected chi connectivity index (χ2v) is 5.50. The fraction of sp³-hybridized carbons (Fsp3) is 0.533. The van der Waals surface area contributed by atoms with Crippen LogP contribution in [0, 0.1) is 0 Å². The molecular formula is C15H20ClNO2. The van der Waals surface area contributed by atoms with Crippen LogP contribution in [0.1, 0.15) is 39.0 Å². The monoisotopic (exact) mass is 281 g/mol. The lowest BCUT2D eigenvalue weighted by Gasteiger charge is -2.24. The highest BCUT2D eigenvalue weighted by Gasteiger charge is 2.20. The van der Waals surface area contributed by atoms with Crippen molar-refractivity contribution in [2.75, 3.05) is 0 Å². The number of halogens is 1. The molecule has 1 aliphatic carbocycles. The van der Waals surface area contributed by atoms with Crippen LogP contribution in [0.4, 0.5) is 0 Å². The molecule has 1 atom stereocenters. The molecule has 0 aromatic heterocycles. The van der Waals surface area contributed by atoms with E-state index in [0.29, 0.717) is 16.8 Å². The first-order valence-corrected chi connectivity index (χ1v) is 7.25. The first-order chi connectivity index (χ1) is 9.15. The van der Waals surface area contributed by atoms with Crippen molar-refractivity contribution in [3.05, 3.63) is 29.3 Å². The molecule has 1 aromatic carbocycles. The second-order valence-electron chi connectivity index (χ2n) is 5.06. The first kappa shape index (κ1) is 14.2. The fourth-order valence-electron chi connectivity index (χ4n) is 2.36. The van der Waals surface area contributed by atoms with Crippen LogP contribution >= 0.6 is 11.6 Å². The van der Waals surface area contributed by atoms with Crippen LogP contribution in [0.5, 0.6) is 5.75 Å². The Kier molecular flexibility index (Phi) is 5.08. The largest absolute Gasteiger partial charge is 0.481 e. The standard InChI is InChI=1S/C15H20ClNO2/c1-11(19-14-9-5-6-12(16)10-14)15(18)17-13-7-3-2-4-8-13/h5-6,9-11,13H,2-4,7-8H2,1H3,(H,17,18). The molecule has 4 heteroatoms. The minimum absolute atomic E-state index is 0.0492. The molecule has 104 valence electrons. The summed E-state index contributed by atoms with van der Waals surface area (Å²) in [6.07, 6.45) is 5.34. The van der Waals surface area contributed by atoms with Gasteiger partial charge in [-0.05, 0) is 38.0 Å². The maximum absolute atomic E-state index is 12.0. The van der Waals surface area contributed by atoms with Crippen molar-refractivity contribution in [3.63, 3.8) is 0 Å². The van der Waals surface area contributed by atoms with Gasteiger partial charge in [0.25, 0.3) is 5.91 Å². The van der Waals surface area contributed by atoms with Gasteiger partial charge in [0.1, 0.15) is 5.75 Å². The molecule has 3 nitrogen and oxygen atoms in total. The van der Waals surface area contributed by atoms with Crippen LogP contribution < -0.4 is 10.1 Å². The number of ether oxygens (including phenoxy) is 1. The van der Waals surface area contributed by atoms with Crippen molar-refractivity contribution in [3.8, 4) is 5.75 Å². The van der Waals surface area contributed by atoms with Gasteiger partial charge in [0.05, 0.1) is 0 Å². The summed E-state index contributed by atoms with van der Waals surface area (Å²) < 4.78 is 5.60. The summed E-state index contributed by atoms with van der Waals surface area (Å²) in [5, 5.41) is 3.67. The van der Waals surface area contributed by atoms with Crippen LogP contribution in [0.15, 0.2) is 24.3 Å². The van der Waals surface area contributed by atoms with E-state index < -0.39 is 6.10 Å². The maximum atomic E-state index is 12.0. The Bertz CT molecular complexity index is 430. The van der Waals surface area contributed by atoms with Crippen molar-refractivity contribution in [2.45, 2.75) is 51.2 Å². The number of carbonyl (C=O) groups is 1. The molecule has 19 heavy (non-hydrogen) atoms. The van der Waals surface area contributed by atoms with Gasteiger partial charge in [-0.25, -0.2) is 0 Å². The molecule has 1 aliphatic rings. The first-order valence-electron chi connectivity index (χ1n) is 6.88. The second kappa shape index (κ2) is 6.80. The average molecular weight is 282 g/mol. The molecule has 0 aliphatic heterocycles. The summed E-state index contributed by atoms with van der Waals surface area (Å²) >= 11 is 5.88. The zero-order valence-electron chi connectivity index (χ0n) is 11.2. The van der Waals surface area contributed by atoms with Gasteiger partial charge in [-0.3, -0.25) is 4.79 Å². The molecule has 1 aromatic rings. The quantitative estimate of drug-likeness (QED) is 0.916. The van der Waals surface area contributed by atoms with Crippen LogP contribution in [-0.4, -0.2) is 18.1 Å². The molecule has 0 heterocycles. The van der Waals surface area contributed by atoms with Gasteiger partial charge >= 0.3 is 0 Å². The van der Waals surface area contributed by atoms with E-state index in [1.165, 1.54) is 19.3 Å². The fourth-order valence-corrected chi connectivity index (χ4v) is 2.54. The summed E-state index contributed by atoms with van der Waals surface area (Å²) in [7, 11) is 0. The lowest BCUT2D eigenvalue weighted by molar-refractivity contribution is -0.128. The molecule has 0 radical (unpaired) electrons. The van der Waals surface area contributed by atoms with E-state index in [0.717, 1.165) is 12.8 Å². The highest BCUT2D eigenvalue weighted by atomic mass is 35.5. The zero-order chi connectivity index (χ0) is 13.7. The van der Waals surface area contributed by atoms with E-state index >= 15 is 0 Å². The van der Waals surface area contributed by atoms with Gasteiger partial charge in [0, 0.05) is 11.1 Å². The highest BCUT2D eigenvalue weighted by molar-refractivity contribution is 6.30. The van der Waals surface area contributed by atoms with Gasteiger partial charge in [0.2, 0.25) is 0 Å². The van der Waals surface area contributed by atoms with Gasteiger partial charge in [-0.15, -0.1) is 0 Å². The molecule has 1 unspecified atom stereocenters. The Morgan fingerprint density at radius 2 is 2.11 bits per heavy atom. The van der Waals surface area contributed by atoms with Crippen molar-refractivity contribution in [1.29, 1.82) is 0 Å². The predicted octanol–water partition coefficient (Wildman–Crippen LogP) is 3.56. The zero-order valence-corrected chi connectivity index (χ0v) is 12.0. The summed E-state index contributed by atoms with van der Waals surface area (Å²) in [6.45, 7) is 1.76. The minimum Gasteiger partial charge on any atom is -0.481 e. The Hall–Kier alpha value is -1.22. The Morgan fingerprint density at radius 1 is 1.37 bits per heavy atom. The summed E-state index contributed by atoms with van der Waals surface area (Å²) in [5.74, 6) is 0.575. The third-order valence-electron chi connectivity index (χ3n) is 3.43. The number of amides is 1. The molecule has 1 amide bonds. The van der Waals surface area contributed by atoms with E-state index in [4.69, 9.17) is 16.3 Å². The topological polar surface area (TPSA) is 38.3 Å². The van der Waals surface area contributed by atoms with Crippen LogP contribution in [0.3, 0.4) is 0 Å². The molecule has 1 N–H and O–H groups in total. The van der Waals surface area contributed by atoms with Crippen LogP contribution in [0.25, 0.3) is 0 Å². The number of hydrogen-bond donors (Lipinski definition) is 1. The van der Waals surface area contributed by atoms with E-state index in [-0.39, 0.29) is 5.91 Å². The minimum atomic E-state index is -0.500. The van der Waals surface area contributed by atoms with Gasteiger partial charge in [-0.2, -0.15) is 0 Å². The molecule has 1 fully saturated rings. The third-order valence-corrected chi connectivity index (χ3v) is 3.66. The molecule has 0 spiro atoms. The average Bonchev–Trinajstić information content (AvgIpc) is 2.40. The highest BCUT2D eigenvalue weighted by Crippen LogP contribution is 2.20. The molecule has 2 rings (SSSR count). The SMILES string of the molecule is CC(Oc1cccc(Cl)c1)C(=O)NC1CCCCC1. The third kappa shape index (κ3) is 4.43. The Balaban J connectivity index is 1.84. The molecular weight excluding hydrogens is 262 g/mol. The van der Waals surface area contributed by atoms with E-state index in [1.54, 1.807) is 25.1 Å². The molecule has 0 saturated heterocycles. The number of rotatable bonds is 4. The van der Waals surface area contributed by atoms with Gasteiger partial charge in [0.15, 0.2) is 6.10 Å². The van der Waals surface area contributed by atoms with E-state index in [2.05, 4.69) is 5.32 Å². The Morgan fingerprint density at radius 3 is 2.79 bits per heavy atom. The van der Waals surface area contributed by atoms with Crippen molar-refractivity contribution in [1.82, 2.24) is 5.32 Å².